The maximum absolute atomic E-state index is 12.0. The van der Waals surface area contributed by atoms with Gasteiger partial charge in [0.25, 0.3) is 0 Å². The van der Waals surface area contributed by atoms with Gasteiger partial charge in [0.15, 0.2) is 0 Å². The van der Waals surface area contributed by atoms with Crippen molar-refractivity contribution >= 4 is 23.6 Å². The quantitative estimate of drug-likeness (QED) is 0.517. The number of carbonyl (C=O) groups excluding carboxylic acids is 2. The molecule has 0 aromatic heterocycles. The predicted molar refractivity (Wildman–Crippen MR) is 58.2 cm³/mol. The van der Waals surface area contributed by atoms with Crippen LogP contribution in [0.2, 0.25) is 0 Å². The van der Waals surface area contributed by atoms with Crippen LogP contribution in [0.5, 0.6) is 0 Å². The third-order valence-corrected chi connectivity index (χ3v) is 4.98. The Kier molecular flexibility index (Phi) is 2.08. The molecule has 2 bridgehead atoms. The van der Waals surface area contributed by atoms with E-state index in [9.17, 15) is 9.59 Å². The van der Waals surface area contributed by atoms with E-state index in [-0.39, 0.29) is 47.1 Å². The van der Waals surface area contributed by atoms with E-state index in [4.69, 9.17) is 5.26 Å². The molecular weight excluding hydrogens is 224 g/mol. The minimum Gasteiger partial charge on any atom is -0.281 e. The van der Waals surface area contributed by atoms with Gasteiger partial charge in [-0.25, -0.2) is 0 Å². The summed E-state index contributed by atoms with van der Waals surface area (Å²) in [6.45, 7) is 0.255. The lowest BCUT2D eigenvalue weighted by molar-refractivity contribution is -0.139. The molecule has 3 heterocycles. The maximum Gasteiger partial charge on any atom is 0.234 e. The topological polar surface area (TPSA) is 61.2 Å². The van der Waals surface area contributed by atoms with E-state index in [1.165, 1.54) is 4.90 Å². The van der Waals surface area contributed by atoms with Crippen LogP contribution in [0.1, 0.15) is 6.42 Å². The first-order valence-corrected chi connectivity index (χ1v) is 6.24. The van der Waals surface area contributed by atoms with Gasteiger partial charge in [0.2, 0.25) is 11.8 Å². The summed E-state index contributed by atoms with van der Waals surface area (Å²) in [6.07, 6.45) is 4.30. The molecule has 3 aliphatic rings. The van der Waals surface area contributed by atoms with Crippen LogP contribution < -0.4 is 0 Å². The van der Waals surface area contributed by atoms with Gasteiger partial charge in [0, 0.05) is 17.0 Å². The summed E-state index contributed by atoms with van der Waals surface area (Å²) in [5, 5.41) is 8.86. The molecule has 0 N–H and O–H groups in total. The minimum absolute atomic E-state index is 0.0744. The van der Waals surface area contributed by atoms with Crippen LogP contribution in [0.3, 0.4) is 0 Å². The van der Waals surface area contributed by atoms with Crippen molar-refractivity contribution < 1.29 is 9.59 Å². The van der Waals surface area contributed by atoms with Crippen LogP contribution in [0.25, 0.3) is 0 Å². The molecule has 4 nitrogen and oxygen atoms in total. The first-order chi connectivity index (χ1) is 7.74. The molecule has 0 aromatic rings. The zero-order chi connectivity index (χ0) is 11.3. The number of carbonyl (C=O) groups is 2. The Hall–Kier alpha value is -1.28. The van der Waals surface area contributed by atoms with Gasteiger partial charge in [0.05, 0.1) is 24.3 Å². The fourth-order valence-electron chi connectivity index (χ4n) is 2.75. The summed E-state index contributed by atoms with van der Waals surface area (Å²) >= 11 is 1.71. The average molecular weight is 234 g/mol. The predicted octanol–water partition coefficient (Wildman–Crippen LogP) is 0.555. The molecule has 2 fully saturated rings. The number of fused-ring (bicyclic) bond motifs is 5. The third-order valence-electron chi connectivity index (χ3n) is 3.45. The third kappa shape index (κ3) is 1.11. The van der Waals surface area contributed by atoms with Crippen LogP contribution in [0, 0.1) is 23.2 Å². The molecule has 0 aromatic carbocycles. The lowest BCUT2D eigenvalue weighted by atomic mass is 9.85. The molecule has 16 heavy (non-hydrogen) atoms. The average Bonchev–Trinajstić information content (AvgIpc) is 2.92. The van der Waals surface area contributed by atoms with Crippen molar-refractivity contribution in [1.29, 1.82) is 5.26 Å². The standard InChI is InChI=1S/C11H10N2O2S/c12-4-1-5-13-10(14)8-6-2-3-7(16-6)9(8)11(13)15/h2-3,6-9H,1,5H2. The van der Waals surface area contributed by atoms with Gasteiger partial charge in [-0.05, 0) is 0 Å². The summed E-state index contributed by atoms with van der Waals surface area (Å²) in [5.41, 5.74) is 0. The number of likely N-dealkylation sites (tertiary alicyclic amines) is 1. The maximum atomic E-state index is 12.0. The van der Waals surface area contributed by atoms with Gasteiger partial charge in [-0.3, -0.25) is 14.5 Å². The highest BCUT2D eigenvalue weighted by molar-refractivity contribution is 8.01. The van der Waals surface area contributed by atoms with E-state index in [1.807, 2.05) is 18.2 Å². The molecule has 3 rings (SSSR count). The van der Waals surface area contributed by atoms with Crippen molar-refractivity contribution in [2.24, 2.45) is 11.8 Å². The van der Waals surface area contributed by atoms with E-state index in [1.54, 1.807) is 11.8 Å². The molecule has 0 aliphatic carbocycles. The zero-order valence-electron chi connectivity index (χ0n) is 8.50. The molecule has 5 heteroatoms. The highest BCUT2D eigenvalue weighted by Gasteiger charge is 2.59. The Morgan fingerprint density at radius 1 is 1.25 bits per heavy atom. The highest BCUT2D eigenvalue weighted by atomic mass is 32.2. The van der Waals surface area contributed by atoms with Gasteiger partial charge in [0.1, 0.15) is 0 Å². The van der Waals surface area contributed by atoms with E-state index in [0.29, 0.717) is 0 Å². The Labute approximate surface area is 97.3 Å². The number of rotatable bonds is 2. The van der Waals surface area contributed by atoms with Gasteiger partial charge in [-0.15, -0.1) is 11.8 Å². The van der Waals surface area contributed by atoms with Crippen molar-refractivity contribution in [3.05, 3.63) is 12.2 Å². The Balaban J connectivity index is 1.86. The lowest BCUT2D eigenvalue weighted by Crippen LogP contribution is -2.33. The number of hydrogen-bond acceptors (Lipinski definition) is 4. The van der Waals surface area contributed by atoms with Crippen molar-refractivity contribution in [3.63, 3.8) is 0 Å². The molecule has 3 aliphatic heterocycles. The molecule has 82 valence electrons. The van der Waals surface area contributed by atoms with Crippen LogP contribution in [-0.2, 0) is 9.59 Å². The van der Waals surface area contributed by atoms with Crippen molar-refractivity contribution in [2.45, 2.75) is 16.9 Å². The van der Waals surface area contributed by atoms with Gasteiger partial charge >= 0.3 is 0 Å². The largest absolute Gasteiger partial charge is 0.281 e. The van der Waals surface area contributed by atoms with Crippen molar-refractivity contribution in [1.82, 2.24) is 4.90 Å². The van der Waals surface area contributed by atoms with Crippen LogP contribution >= 0.6 is 11.8 Å². The SMILES string of the molecule is N#CCCN1C(=O)C2C3C=CC(S3)C2C1=O. The summed E-state index contributed by atoms with van der Waals surface area (Å²) < 4.78 is 0. The molecule has 2 saturated heterocycles. The summed E-state index contributed by atoms with van der Waals surface area (Å²) in [4.78, 5) is 25.4. The molecular formula is C11H10N2O2S. The second-order valence-electron chi connectivity index (χ2n) is 4.24. The van der Waals surface area contributed by atoms with E-state index >= 15 is 0 Å². The van der Waals surface area contributed by atoms with E-state index < -0.39 is 0 Å². The van der Waals surface area contributed by atoms with Gasteiger partial charge < -0.3 is 0 Å². The Bertz CT molecular complexity index is 410. The fourth-order valence-corrected chi connectivity index (χ4v) is 4.38. The summed E-state index contributed by atoms with van der Waals surface area (Å²) in [5.74, 6) is -0.471. The lowest BCUT2D eigenvalue weighted by Gasteiger charge is -2.14. The molecule has 0 spiro atoms. The number of amides is 2. The van der Waals surface area contributed by atoms with Gasteiger partial charge in [-0.2, -0.15) is 5.26 Å². The minimum atomic E-state index is -0.161. The van der Waals surface area contributed by atoms with E-state index in [2.05, 4.69) is 0 Å². The molecule has 2 amide bonds. The first-order valence-electron chi connectivity index (χ1n) is 5.30. The summed E-state index contributed by atoms with van der Waals surface area (Å²) in [6, 6.07) is 1.97. The second kappa shape index (κ2) is 3.36. The van der Waals surface area contributed by atoms with E-state index in [0.717, 1.165) is 0 Å². The number of imide groups is 1. The van der Waals surface area contributed by atoms with Crippen LogP contribution in [0.15, 0.2) is 12.2 Å². The smallest absolute Gasteiger partial charge is 0.234 e. The Morgan fingerprint density at radius 3 is 2.31 bits per heavy atom. The van der Waals surface area contributed by atoms with Crippen LogP contribution in [0.4, 0.5) is 0 Å². The molecule has 0 radical (unpaired) electrons. The molecule has 4 unspecified atom stereocenters. The monoisotopic (exact) mass is 234 g/mol. The van der Waals surface area contributed by atoms with Crippen molar-refractivity contribution in [3.8, 4) is 6.07 Å². The van der Waals surface area contributed by atoms with Gasteiger partial charge in [-0.1, -0.05) is 12.2 Å². The number of nitrogens with zero attached hydrogens (tertiary/aromatic N) is 2. The second-order valence-corrected chi connectivity index (χ2v) is 5.60. The number of thioether (sulfide) groups is 1. The van der Waals surface area contributed by atoms with Crippen LogP contribution in [-0.4, -0.2) is 33.8 Å². The molecule has 0 saturated carbocycles. The number of hydrogen-bond donors (Lipinski definition) is 0. The first kappa shape index (κ1) is 9.91. The zero-order valence-corrected chi connectivity index (χ0v) is 9.31. The molecule has 4 atom stereocenters. The fraction of sp³-hybridized carbons (Fsp3) is 0.545. The van der Waals surface area contributed by atoms with Crippen molar-refractivity contribution in [2.75, 3.05) is 6.54 Å². The summed E-state index contributed by atoms with van der Waals surface area (Å²) in [7, 11) is 0. The Morgan fingerprint density at radius 2 is 1.81 bits per heavy atom. The normalized spacial score (nSPS) is 39.3. The number of nitriles is 1. The highest BCUT2D eigenvalue weighted by Crippen LogP contribution is 2.53.